The number of hydrogen-bond acceptors (Lipinski definition) is 5. The minimum atomic E-state index is 0.799. The second-order valence-electron chi connectivity index (χ2n) is 5.73. The lowest BCUT2D eigenvalue weighted by Gasteiger charge is -2.15. The van der Waals surface area contributed by atoms with Crippen molar-refractivity contribution in [3.63, 3.8) is 0 Å². The lowest BCUT2D eigenvalue weighted by atomic mass is 10.1. The van der Waals surface area contributed by atoms with Gasteiger partial charge in [0.05, 0.1) is 13.7 Å². The van der Waals surface area contributed by atoms with Crippen LogP contribution < -0.4 is 14.8 Å². The molecule has 0 radical (unpaired) electrons. The van der Waals surface area contributed by atoms with E-state index in [1.165, 1.54) is 5.56 Å². The second-order valence-corrected chi connectivity index (χ2v) is 5.73. The summed E-state index contributed by atoms with van der Waals surface area (Å²) in [6, 6.07) is 15.8. The first-order chi connectivity index (χ1) is 11.7. The quantitative estimate of drug-likeness (QED) is 0.887. The van der Waals surface area contributed by atoms with Gasteiger partial charge in [-0.05, 0) is 48.4 Å². The van der Waals surface area contributed by atoms with Crippen LogP contribution >= 0.6 is 0 Å². The van der Waals surface area contributed by atoms with Crippen LogP contribution in [0.2, 0.25) is 0 Å². The molecular formula is C19H23N3O2. The molecule has 0 aliphatic carbocycles. The van der Waals surface area contributed by atoms with Crippen LogP contribution in [0.5, 0.6) is 17.2 Å². The highest BCUT2D eigenvalue weighted by Gasteiger charge is 2.10. The van der Waals surface area contributed by atoms with E-state index in [0.29, 0.717) is 0 Å². The van der Waals surface area contributed by atoms with Crippen molar-refractivity contribution in [1.29, 1.82) is 0 Å². The molecule has 2 aromatic rings. The van der Waals surface area contributed by atoms with Gasteiger partial charge in [-0.2, -0.15) is 0 Å². The summed E-state index contributed by atoms with van der Waals surface area (Å²) in [7, 11) is 3.71. The molecule has 0 amide bonds. The average molecular weight is 325 g/mol. The molecule has 0 unspecified atom stereocenters. The molecule has 24 heavy (non-hydrogen) atoms. The smallest absolute Gasteiger partial charge is 0.193 e. The number of ether oxygens (including phenoxy) is 2. The number of methoxy groups -OCH3 is 1. The second kappa shape index (κ2) is 7.73. The summed E-state index contributed by atoms with van der Waals surface area (Å²) in [4.78, 5) is 6.57. The first-order valence-corrected chi connectivity index (χ1v) is 8.15. The number of nitrogens with one attached hydrogen (secondary N) is 1. The van der Waals surface area contributed by atoms with Crippen molar-refractivity contribution in [3.05, 3.63) is 54.1 Å². The van der Waals surface area contributed by atoms with Crippen molar-refractivity contribution in [2.45, 2.75) is 6.42 Å². The average Bonchev–Trinajstić information content (AvgIpc) is 3.02. The fraction of sp³-hybridized carbons (Fsp3) is 0.316. The summed E-state index contributed by atoms with van der Waals surface area (Å²) in [5.74, 6) is 3.45. The number of aliphatic imine (C=N–C) groups is 1. The Balaban J connectivity index is 1.49. The Labute approximate surface area is 142 Å². The van der Waals surface area contributed by atoms with Crippen molar-refractivity contribution in [2.24, 2.45) is 4.99 Å². The van der Waals surface area contributed by atoms with Crippen LogP contribution in [-0.2, 0) is 6.42 Å². The van der Waals surface area contributed by atoms with E-state index in [4.69, 9.17) is 9.47 Å². The molecule has 5 heteroatoms. The first-order valence-electron chi connectivity index (χ1n) is 8.15. The maximum Gasteiger partial charge on any atom is 0.193 e. The van der Waals surface area contributed by atoms with Crippen molar-refractivity contribution < 1.29 is 9.47 Å². The molecule has 0 atom stereocenters. The number of likely N-dealkylation sites (N-methyl/N-ethyl adjacent to an activating group) is 1. The van der Waals surface area contributed by atoms with E-state index in [1.54, 1.807) is 7.11 Å². The van der Waals surface area contributed by atoms with Crippen molar-refractivity contribution in [1.82, 2.24) is 10.2 Å². The fourth-order valence-corrected chi connectivity index (χ4v) is 2.55. The Morgan fingerprint density at radius 3 is 2.21 bits per heavy atom. The van der Waals surface area contributed by atoms with Gasteiger partial charge in [-0.3, -0.25) is 4.99 Å². The van der Waals surface area contributed by atoms with Gasteiger partial charge >= 0.3 is 0 Å². The van der Waals surface area contributed by atoms with Gasteiger partial charge in [0, 0.05) is 20.1 Å². The Kier molecular flexibility index (Phi) is 5.21. The molecule has 5 nitrogen and oxygen atoms in total. The molecule has 3 rings (SSSR count). The Morgan fingerprint density at radius 1 is 1.00 bits per heavy atom. The zero-order valence-electron chi connectivity index (χ0n) is 14.2. The Morgan fingerprint density at radius 2 is 1.62 bits per heavy atom. The molecule has 126 valence electrons. The van der Waals surface area contributed by atoms with Gasteiger partial charge in [0.2, 0.25) is 0 Å². The molecule has 0 saturated heterocycles. The zero-order valence-corrected chi connectivity index (χ0v) is 14.2. The molecule has 0 fully saturated rings. The number of guanidine groups is 1. The number of hydrogen-bond donors (Lipinski definition) is 1. The van der Waals surface area contributed by atoms with E-state index in [0.717, 1.165) is 49.3 Å². The highest BCUT2D eigenvalue weighted by atomic mass is 16.5. The summed E-state index contributed by atoms with van der Waals surface area (Å²) in [5.41, 5.74) is 1.27. The maximum absolute atomic E-state index is 5.84. The molecule has 2 aromatic carbocycles. The van der Waals surface area contributed by atoms with E-state index >= 15 is 0 Å². The van der Waals surface area contributed by atoms with Gasteiger partial charge < -0.3 is 19.7 Å². The van der Waals surface area contributed by atoms with E-state index in [1.807, 2.05) is 36.4 Å². The Hall–Kier alpha value is -2.69. The van der Waals surface area contributed by atoms with E-state index in [-0.39, 0.29) is 0 Å². The minimum Gasteiger partial charge on any atom is -0.497 e. The van der Waals surface area contributed by atoms with Crippen molar-refractivity contribution in [2.75, 3.05) is 33.8 Å². The minimum absolute atomic E-state index is 0.799. The molecule has 1 aliphatic heterocycles. The number of rotatable bonds is 6. The van der Waals surface area contributed by atoms with Gasteiger partial charge in [-0.15, -0.1) is 0 Å². The lowest BCUT2D eigenvalue weighted by Crippen LogP contribution is -2.36. The largest absolute Gasteiger partial charge is 0.497 e. The van der Waals surface area contributed by atoms with Crippen LogP contribution in [0.3, 0.4) is 0 Å². The summed E-state index contributed by atoms with van der Waals surface area (Å²) < 4.78 is 11.0. The molecular weight excluding hydrogens is 302 g/mol. The SMILES string of the molecule is COc1ccc(Oc2ccc(CCNC3=NCCN3C)cc2)cc1. The topological polar surface area (TPSA) is 46.1 Å². The molecule has 1 aliphatic rings. The third-order valence-electron chi connectivity index (χ3n) is 3.97. The maximum atomic E-state index is 5.84. The van der Waals surface area contributed by atoms with Crippen LogP contribution in [0.15, 0.2) is 53.5 Å². The monoisotopic (exact) mass is 325 g/mol. The molecule has 1 heterocycles. The van der Waals surface area contributed by atoms with Gasteiger partial charge in [-0.25, -0.2) is 0 Å². The summed E-state index contributed by atoms with van der Waals surface area (Å²) >= 11 is 0. The highest BCUT2D eigenvalue weighted by Crippen LogP contribution is 2.24. The van der Waals surface area contributed by atoms with Crippen LogP contribution in [0.25, 0.3) is 0 Å². The summed E-state index contributed by atoms with van der Waals surface area (Å²) in [6.07, 6.45) is 0.954. The van der Waals surface area contributed by atoms with Gasteiger partial charge in [0.15, 0.2) is 5.96 Å². The summed E-state index contributed by atoms with van der Waals surface area (Å²) in [6.45, 7) is 2.76. The van der Waals surface area contributed by atoms with Gasteiger partial charge in [0.25, 0.3) is 0 Å². The molecule has 1 N–H and O–H groups in total. The zero-order chi connectivity index (χ0) is 16.8. The van der Waals surface area contributed by atoms with Crippen LogP contribution in [0, 0.1) is 0 Å². The normalized spacial score (nSPS) is 13.6. The fourth-order valence-electron chi connectivity index (χ4n) is 2.55. The van der Waals surface area contributed by atoms with Crippen molar-refractivity contribution >= 4 is 5.96 Å². The third kappa shape index (κ3) is 4.19. The molecule has 0 spiro atoms. The molecule has 0 aromatic heterocycles. The Bertz CT molecular complexity index is 681. The lowest BCUT2D eigenvalue weighted by molar-refractivity contribution is 0.413. The molecule has 0 bridgehead atoms. The predicted octanol–water partition coefficient (Wildman–Crippen LogP) is 2.92. The van der Waals surface area contributed by atoms with Crippen molar-refractivity contribution in [3.8, 4) is 17.2 Å². The predicted molar refractivity (Wildman–Crippen MR) is 96.1 cm³/mol. The third-order valence-corrected chi connectivity index (χ3v) is 3.97. The van der Waals surface area contributed by atoms with E-state index in [2.05, 4.69) is 34.4 Å². The number of benzene rings is 2. The van der Waals surface area contributed by atoms with Crippen LogP contribution in [0.1, 0.15) is 5.56 Å². The van der Waals surface area contributed by atoms with E-state index in [9.17, 15) is 0 Å². The van der Waals surface area contributed by atoms with Gasteiger partial charge in [0.1, 0.15) is 17.2 Å². The molecule has 0 saturated carbocycles. The van der Waals surface area contributed by atoms with E-state index < -0.39 is 0 Å². The van der Waals surface area contributed by atoms with Crippen LogP contribution in [-0.4, -0.2) is 44.7 Å². The van der Waals surface area contributed by atoms with Gasteiger partial charge in [-0.1, -0.05) is 12.1 Å². The summed E-state index contributed by atoms with van der Waals surface area (Å²) in [5, 5.41) is 3.38. The highest BCUT2D eigenvalue weighted by molar-refractivity contribution is 5.81. The van der Waals surface area contributed by atoms with Crippen LogP contribution in [0.4, 0.5) is 0 Å². The first kappa shape index (κ1) is 16.2. The number of nitrogens with zero attached hydrogens (tertiary/aromatic N) is 2. The standard InChI is InChI=1S/C19H23N3O2/c1-22-14-13-21-19(22)20-12-11-15-3-5-17(6-4-15)24-18-9-7-16(23-2)8-10-18/h3-10H,11-14H2,1-2H3,(H,20,21).